The van der Waals surface area contributed by atoms with Crippen molar-refractivity contribution >= 4 is 33.8 Å². The van der Waals surface area contributed by atoms with E-state index < -0.39 is 0 Å². The van der Waals surface area contributed by atoms with E-state index in [1.54, 1.807) is 11.6 Å². The summed E-state index contributed by atoms with van der Waals surface area (Å²) in [4.78, 5) is 38.3. The molecule has 0 atom stereocenters. The first kappa shape index (κ1) is 18.6. The summed E-state index contributed by atoms with van der Waals surface area (Å²) in [5.74, 6) is 0.0456. The molecule has 8 nitrogen and oxygen atoms in total. The van der Waals surface area contributed by atoms with Crippen LogP contribution in [0.4, 0.5) is 5.69 Å². The molecule has 28 heavy (non-hydrogen) atoms. The topological polar surface area (TPSA) is 91.6 Å². The van der Waals surface area contributed by atoms with E-state index >= 15 is 0 Å². The second-order valence-electron chi connectivity index (χ2n) is 6.71. The lowest BCUT2D eigenvalue weighted by Gasteiger charge is -2.36. The minimum Gasteiger partial charge on any atom is -0.395 e. The number of aromatic nitrogens is 3. The maximum Gasteiger partial charge on any atom is 0.265 e. The number of piperazine rings is 1. The number of thiazole rings is 1. The van der Waals surface area contributed by atoms with Gasteiger partial charge in [0.2, 0.25) is 0 Å². The van der Waals surface area contributed by atoms with Crippen molar-refractivity contribution in [1.82, 2.24) is 19.4 Å². The lowest BCUT2D eigenvalue weighted by Crippen LogP contribution is -2.48. The molecule has 0 bridgehead atoms. The van der Waals surface area contributed by atoms with Gasteiger partial charge in [0.1, 0.15) is 4.88 Å². The summed E-state index contributed by atoms with van der Waals surface area (Å²) in [7, 11) is 0. The SMILES string of the molecule is Cc1ncsc1C(=O)N1CCN(c2ccc3c(=O)n(CCO)cnc3c2)CC1. The molecule has 3 heterocycles. The maximum absolute atomic E-state index is 12.6. The van der Waals surface area contributed by atoms with Gasteiger partial charge < -0.3 is 14.9 Å². The molecule has 2 aromatic heterocycles. The largest absolute Gasteiger partial charge is 0.395 e. The molecule has 1 fully saturated rings. The van der Waals surface area contributed by atoms with Gasteiger partial charge in [0.05, 0.1) is 41.6 Å². The summed E-state index contributed by atoms with van der Waals surface area (Å²) in [6.45, 7) is 4.71. The first-order chi connectivity index (χ1) is 13.6. The average molecular weight is 399 g/mol. The van der Waals surface area contributed by atoms with Crippen LogP contribution in [0.15, 0.2) is 34.8 Å². The van der Waals surface area contributed by atoms with E-state index in [9.17, 15) is 9.59 Å². The van der Waals surface area contributed by atoms with Crippen LogP contribution in [-0.4, -0.2) is 63.2 Å². The zero-order chi connectivity index (χ0) is 19.7. The van der Waals surface area contributed by atoms with Crippen molar-refractivity contribution in [3.05, 3.63) is 51.0 Å². The third-order valence-electron chi connectivity index (χ3n) is 5.02. The second kappa shape index (κ2) is 7.69. The summed E-state index contributed by atoms with van der Waals surface area (Å²) in [6, 6.07) is 5.61. The van der Waals surface area contributed by atoms with Crippen LogP contribution in [0.1, 0.15) is 15.4 Å². The summed E-state index contributed by atoms with van der Waals surface area (Å²) >= 11 is 1.38. The van der Waals surface area contributed by atoms with Gasteiger partial charge in [-0.3, -0.25) is 14.2 Å². The van der Waals surface area contributed by atoms with Crippen LogP contribution < -0.4 is 10.5 Å². The molecular weight excluding hydrogens is 378 g/mol. The van der Waals surface area contributed by atoms with Crippen LogP contribution in [0.5, 0.6) is 0 Å². The van der Waals surface area contributed by atoms with Crippen molar-refractivity contribution in [2.45, 2.75) is 13.5 Å². The highest BCUT2D eigenvalue weighted by atomic mass is 32.1. The molecule has 0 radical (unpaired) electrons. The average Bonchev–Trinajstić information content (AvgIpc) is 3.15. The van der Waals surface area contributed by atoms with E-state index in [1.807, 2.05) is 24.0 Å². The summed E-state index contributed by atoms with van der Waals surface area (Å²) in [6.07, 6.45) is 1.47. The van der Waals surface area contributed by atoms with Crippen molar-refractivity contribution in [3.63, 3.8) is 0 Å². The molecule has 1 aliphatic rings. The Bertz CT molecular complexity index is 1070. The van der Waals surface area contributed by atoms with Crippen LogP contribution in [-0.2, 0) is 6.54 Å². The van der Waals surface area contributed by atoms with Crippen LogP contribution in [0, 0.1) is 6.92 Å². The summed E-state index contributed by atoms with van der Waals surface area (Å²) < 4.78 is 1.41. The molecule has 9 heteroatoms. The van der Waals surface area contributed by atoms with Crippen molar-refractivity contribution in [3.8, 4) is 0 Å². The highest BCUT2D eigenvalue weighted by Gasteiger charge is 2.24. The first-order valence-corrected chi connectivity index (χ1v) is 10.0. The Hall–Kier alpha value is -2.78. The van der Waals surface area contributed by atoms with E-state index in [2.05, 4.69) is 14.9 Å². The van der Waals surface area contributed by atoms with Crippen LogP contribution in [0.25, 0.3) is 10.9 Å². The molecule has 1 amide bonds. The Morgan fingerprint density at radius 2 is 2.00 bits per heavy atom. The fraction of sp³-hybridized carbons (Fsp3) is 0.368. The normalized spacial score (nSPS) is 14.6. The number of rotatable bonds is 4. The zero-order valence-corrected chi connectivity index (χ0v) is 16.4. The van der Waals surface area contributed by atoms with Gasteiger partial charge in [0.25, 0.3) is 11.5 Å². The van der Waals surface area contributed by atoms with E-state index in [0.29, 0.717) is 28.9 Å². The van der Waals surface area contributed by atoms with Gasteiger partial charge in [-0.2, -0.15) is 0 Å². The Morgan fingerprint density at radius 3 is 2.68 bits per heavy atom. The maximum atomic E-state index is 12.6. The van der Waals surface area contributed by atoms with Gasteiger partial charge in [-0.25, -0.2) is 9.97 Å². The molecule has 1 aromatic carbocycles. The fourth-order valence-corrected chi connectivity index (χ4v) is 4.20. The molecule has 0 saturated carbocycles. The van der Waals surface area contributed by atoms with E-state index in [1.165, 1.54) is 22.2 Å². The number of anilines is 1. The molecule has 0 unspecified atom stereocenters. The number of carbonyl (C=O) groups is 1. The quantitative estimate of drug-likeness (QED) is 0.707. The third kappa shape index (κ3) is 3.38. The van der Waals surface area contributed by atoms with E-state index in [4.69, 9.17) is 5.11 Å². The highest BCUT2D eigenvalue weighted by Crippen LogP contribution is 2.22. The van der Waals surface area contributed by atoms with Crippen LogP contribution >= 0.6 is 11.3 Å². The van der Waals surface area contributed by atoms with Gasteiger partial charge in [0, 0.05) is 31.9 Å². The third-order valence-corrected chi connectivity index (χ3v) is 5.94. The van der Waals surface area contributed by atoms with Crippen LogP contribution in [0.3, 0.4) is 0 Å². The number of aryl methyl sites for hydroxylation is 1. The smallest absolute Gasteiger partial charge is 0.265 e. The lowest BCUT2D eigenvalue weighted by molar-refractivity contribution is 0.0750. The monoisotopic (exact) mass is 399 g/mol. The van der Waals surface area contributed by atoms with Crippen molar-refractivity contribution in [1.29, 1.82) is 0 Å². The highest BCUT2D eigenvalue weighted by molar-refractivity contribution is 7.11. The number of nitrogens with zero attached hydrogens (tertiary/aromatic N) is 5. The molecule has 3 aromatic rings. The van der Waals surface area contributed by atoms with Crippen molar-refractivity contribution in [2.75, 3.05) is 37.7 Å². The molecule has 0 aliphatic carbocycles. The number of fused-ring (bicyclic) bond motifs is 1. The number of amides is 1. The summed E-state index contributed by atoms with van der Waals surface area (Å²) in [5, 5.41) is 9.58. The van der Waals surface area contributed by atoms with Gasteiger partial charge in [-0.1, -0.05) is 0 Å². The first-order valence-electron chi connectivity index (χ1n) is 9.13. The van der Waals surface area contributed by atoms with Crippen molar-refractivity contribution < 1.29 is 9.90 Å². The number of hydrogen-bond acceptors (Lipinski definition) is 7. The molecule has 1 N–H and O–H groups in total. The zero-order valence-electron chi connectivity index (χ0n) is 15.5. The molecule has 1 aliphatic heterocycles. The minimum absolute atomic E-state index is 0.0456. The molecular formula is C19H21N5O3S. The van der Waals surface area contributed by atoms with E-state index in [-0.39, 0.29) is 24.6 Å². The Labute approximate surface area is 165 Å². The molecule has 4 rings (SSSR count). The van der Waals surface area contributed by atoms with Crippen molar-refractivity contribution in [2.24, 2.45) is 0 Å². The number of hydrogen-bond donors (Lipinski definition) is 1. The van der Waals surface area contributed by atoms with Gasteiger partial charge in [-0.15, -0.1) is 11.3 Å². The Morgan fingerprint density at radius 1 is 1.21 bits per heavy atom. The van der Waals surface area contributed by atoms with Crippen LogP contribution in [0.2, 0.25) is 0 Å². The lowest BCUT2D eigenvalue weighted by atomic mass is 10.2. The Kier molecular flexibility index (Phi) is 5.10. The van der Waals surface area contributed by atoms with Gasteiger partial charge in [-0.05, 0) is 25.1 Å². The number of aliphatic hydroxyl groups excluding tert-OH is 1. The van der Waals surface area contributed by atoms with Gasteiger partial charge >= 0.3 is 0 Å². The minimum atomic E-state index is -0.152. The predicted molar refractivity (Wildman–Crippen MR) is 108 cm³/mol. The molecule has 0 spiro atoms. The number of carbonyl (C=O) groups excluding carboxylic acids is 1. The number of benzene rings is 1. The standard InChI is InChI=1S/C19H21N5O3S/c1-13-17(28-12-21-13)19(27)23-6-4-22(5-7-23)14-2-3-15-16(10-14)20-11-24(8-9-25)18(15)26/h2-3,10-12,25H,4-9H2,1H3. The van der Waals surface area contributed by atoms with Gasteiger partial charge in [0.15, 0.2) is 0 Å². The second-order valence-corrected chi connectivity index (χ2v) is 7.57. The number of aliphatic hydroxyl groups is 1. The van der Waals surface area contributed by atoms with E-state index in [0.717, 1.165) is 24.5 Å². The predicted octanol–water partition coefficient (Wildman–Crippen LogP) is 1.12. The summed E-state index contributed by atoms with van der Waals surface area (Å²) in [5.41, 5.74) is 3.96. The fourth-order valence-electron chi connectivity index (χ4n) is 3.43. The Balaban J connectivity index is 1.49. The molecule has 146 valence electrons. The molecule has 1 saturated heterocycles.